The van der Waals surface area contributed by atoms with Gasteiger partial charge in [0, 0.05) is 0 Å². The fourth-order valence-corrected chi connectivity index (χ4v) is 9.62. The lowest BCUT2D eigenvalue weighted by Gasteiger charge is -2.60. The summed E-state index contributed by atoms with van der Waals surface area (Å²) in [6.07, 6.45) is 12.2. The Labute approximate surface area is 198 Å². The summed E-state index contributed by atoms with van der Waals surface area (Å²) in [4.78, 5) is 0. The third kappa shape index (κ3) is 3.49. The fraction of sp³-hybridized carbons (Fsp3) is 0.867. The van der Waals surface area contributed by atoms with Crippen LogP contribution in [0, 0.1) is 45.3 Å². The van der Waals surface area contributed by atoms with Gasteiger partial charge < -0.3 is 10.2 Å². The number of hydrogen-bond acceptors (Lipinski definition) is 2. The highest BCUT2D eigenvalue weighted by molar-refractivity contribution is 5.21. The summed E-state index contributed by atoms with van der Waals surface area (Å²) in [6, 6.07) is 0. The molecule has 182 valence electrons. The Morgan fingerprint density at radius 3 is 1.91 bits per heavy atom. The molecule has 0 aromatic heterocycles. The topological polar surface area (TPSA) is 40.5 Å². The summed E-state index contributed by atoms with van der Waals surface area (Å²) < 4.78 is 0. The van der Waals surface area contributed by atoms with Crippen molar-refractivity contribution in [2.45, 2.75) is 118 Å². The smallest absolute Gasteiger partial charge is 0.0594 e. The standard InChI is InChI=1S/C30H50O2/c1-19-9-13-23-27(3,4)25(31)15-17-29(23,7)21(19)11-12-22-20(2)10-14-24-28(5,6)26(32)16-18-30(22,24)8/h10,21-26,31-32H,1,9,11-18H2,2-8H3. The minimum Gasteiger partial charge on any atom is -0.393 e. The maximum atomic E-state index is 10.8. The molecule has 32 heavy (non-hydrogen) atoms. The van der Waals surface area contributed by atoms with E-state index < -0.39 is 0 Å². The molecule has 0 aromatic carbocycles. The normalized spacial score (nSPS) is 47.9. The van der Waals surface area contributed by atoms with Gasteiger partial charge in [0.25, 0.3) is 0 Å². The molecule has 0 heterocycles. The monoisotopic (exact) mass is 442 g/mol. The van der Waals surface area contributed by atoms with Crippen molar-refractivity contribution in [2.24, 2.45) is 45.3 Å². The molecule has 4 aliphatic rings. The van der Waals surface area contributed by atoms with Crippen LogP contribution in [0.5, 0.6) is 0 Å². The van der Waals surface area contributed by atoms with Crippen LogP contribution in [0.4, 0.5) is 0 Å². The molecule has 0 aliphatic heterocycles. The molecule has 0 spiro atoms. The summed E-state index contributed by atoms with van der Waals surface area (Å²) in [5.74, 6) is 2.29. The highest BCUT2D eigenvalue weighted by Gasteiger charge is 2.57. The van der Waals surface area contributed by atoms with Crippen molar-refractivity contribution in [3.05, 3.63) is 23.8 Å². The van der Waals surface area contributed by atoms with Crippen molar-refractivity contribution < 1.29 is 10.2 Å². The van der Waals surface area contributed by atoms with Gasteiger partial charge in [-0.3, -0.25) is 0 Å². The van der Waals surface area contributed by atoms with E-state index in [1.165, 1.54) is 24.8 Å². The van der Waals surface area contributed by atoms with E-state index in [9.17, 15) is 10.2 Å². The predicted molar refractivity (Wildman–Crippen MR) is 134 cm³/mol. The van der Waals surface area contributed by atoms with Gasteiger partial charge >= 0.3 is 0 Å². The molecular weight excluding hydrogens is 392 g/mol. The molecule has 0 aromatic rings. The second-order valence-electron chi connectivity index (χ2n) is 13.9. The fourth-order valence-electron chi connectivity index (χ4n) is 9.62. The molecule has 4 rings (SSSR count). The van der Waals surface area contributed by atoms with Gasteiger partial charge in [-0.15, -0.1) is 0 Å². The lowest BCUT2D eigenvalue weighted by atomic mass is 9.45. The maximum absolute atomic E-state index is 10.8. The van der Waals surface area contributed by atoms with Crippen LogP contribution >= 0.6 is 0 Å². The molecule has 8 unspecified atom stereocenters. The lowest BCUT2D eigenvalue weighted by Crippen LogP contribution is -2.55. The number of allylic oxidation sites excluding steroid dienone is 3. The van der Waals surface area contributed by atoms with Gasteiger partial charge in [0.05, 0.1) is 12.2 Å². The van der Waals surface area contributed by atoms with E-state index in [0.717, 1.165) is 38.5 Å². The second kappa shape index (κ2) is 7.98. The van der Waals surface area contributed by atoms with Crippen molar-refractivity contribution >= 4 is 0 Å². The molecule has 2 nitrogen and oxygen atoms in total. The van der Waals surface area contributed by atoms with E-state index in [4.69, 9.17) is 0 Å². The minimum absolute atomic E-state index is 0.00673. The van der Waals surface area contributed by atoms with Gasteiger partial charge in [0.2, 0.25) is 0 Å². The third-order valence-electron chi connectivity index (χ3n) is 11.8. The molecule has 0 radical (unpaired) electrons. The highest BCUT2D eigenvalue weighted by Crippen LogP contribution is 2.64. The van der Waals surface area contributed by atoms with Crippen molar-refractivity contribution in [3.8, 4) is 0 Å². The van der Waals surface area contributed by atoms with E-state index in [1.807, 2.05) is 0 Å². The number of aliphatic hydroxyl groups excluding tert-OH is 2. The van der Waals surface area contributed by atoms with Crippen molar-refractivity contribution in [1.82, 2.24) is 0 Å². The molecule has 0 bridgehead atoms. The van der Waals surface area contributed by atoms with Crippen LogP contribution in [0.25, 0.3) is 0 Å². The van der Waals surface area contributed by atoms with Crippen LogP contribution in [-0.2, 0) is 0 Å². The van der Waals surface area contributed by atoms with E-state index in [1.54, 1.807) is 5.57 Å². The molecule has 2 heteroatoms. The predicted octanol–water partition coefficient (Wildman–Crippen LogP) is 7.31. The van der Waals surface area contributed by atoms with Crippen LogP contribution in [-0.4, -0.2) is 22.4 Å². The van der Waals surface area contributed by atoms with Crippen LogP contribution < -0.4 is 0 Å². The van der Waals surface area contributed by atoms with Crippen molar-refractivity contribution in [1.29, 1.82) is 0 Å². The van der Waals surface area contributed by atoms with E-state index >= 15 is 0 Å². The van der Waals surface area contributed by atoms with Crippen LogP contribution in [0.3, 0.4) is 0 Å². The van der Waals surface area contributed by atoms with Crippen molar-refractivity contribution in [3.63, 3.8) is 0 Å². The Kier molecular flexibility index (Phi) is 6.11. The average molecular weight is 443 g/mol. The summed E-state index contributed by atoms with van der Waals surface area (Å²) in [5.41, 5.74) is 3.56. The summed E-state index contributed by atoms with van der Waals surface area (Å²) in [6.45, 7) is 21.2. The average Bonchev–Trinajstić information content (AvgIpc) is 2.69. The van der Waals surface area contributed by atoms with E-state index in [-0.39, 0.29) is 33.9 Å². The zero-order chi connectivity index (χ0) is 23.7. The van der Waals surface area contributed by atoms with Crippen LogP contribution in [0.1, 0.15) is 106 Å². The van der Waals surface area contributed by atoms with Gasteiger partial charge in [-0.1, -0.05) is 65.3 Å². The maximum Gasteiger partial charge on any atom is 0.0594 e. The first-order chi connectivity index (χ1) is 14.8. The summed E-state index contributed by atoms with van der Waals surface area (Å²) in [7, 11) is 0. The Morgan fingerprint density at radius 1 is 0.812 bits per heavy atom. The molecule has 0 saturated heterocycles. The Balaban J connectivity index is 1.58. The van der Waals surface area contributed by atoms with E-state index in [0.29, 0.717) is 23.7 Å². The zero-order valence-electron chi connectivity index (χ0n) is 22.0. The molecular formula is C30H50O2. The number of rotatable bonds is 3. The molecule has 3 saturated carbocycles. The van der Waals surface area contributed by atoms with Crippen molar-refractivity contribution in [2.75, 3.05) is 0 Å². The third-order valence-corrected chi connectivity index (χ3v) is 11.8. The van der Waals surface area contributed by atoms with Crippen LogP contribution in [0.15, 0.2) is 23.8 Å². The highest BCUT2D eigenvalue weighted by atomic mass is 16.3. The first kappa shape index (κ1) is 24.5. The summed E-state index contributed by atoms with van der Waals surface area (Å²) in [5, 5.41) is 21.6. The first-order valence-electron chi connectivity index (χ1n) is 13.5. The molecule has 2 N–H and O–H groups in total. The number of hydrogen-bond donors (Lipinski definition) is 2. The molecule has 0 amide bonds. The summed E-state index contributed by atoms with van der Waals surface area (Å²) >= 11 is 0. The minimum atomic E-state index is -0.179. The Morgan fingerprint density at radius 2 is 1.31 bits per heavy atom. The van der Waals surface area contributed by atoms with Crippen LogP contribution in [0.2, 0.25) is 0 Å². The molecule has 4 aliphatic carbocycles. The van der Waals surface area contributed by atoms with Gasteiger partial charge in [-0.2, -0.15) is 0 Å². The molecule has 3 fully saturated rings. The second-order valence-corrected chi connectivity index (χ2v) is 13.9. The Bertz CT molecular complexity index is 776. The quantitative estimate of drug-likeness (QED) is 0.450. The number of fused-ring (bicyclic) bond motifs is 2. The lowest BCUT2D eigenvalue weighted by molar-refractivity contribution is -0.130. The zero-order valence-corrected chi connectivity index (χ0v) is 22.0. The first-order valence-corrected chi connectivity index (χ1v) is 13.5. The Hall–Kier alpha value is -0.600. The number of aliphatic hydroxyl groups is 2. The van der Waals surface area contributed by atoms with Gasteiger partial charge in [0.1, 0.15) is 0 Å². The van der Waals surface area contributed by atoms with E-state index in [2.05, 4.69) is 61.1 Å². The largest absolute Gasteiger partial charge is 0.393 e. The van der Waals surface area contributed by atoms with Gasteiger partial charge in [-0.25, -0.2) is 0 Å². The van der Waals surface area contributed by atoms with Gasteiger partial charge in [-0.05, 0) is 110 Å². The SMILES string of the molecule is C=C1CCC2C(C)(C)C(O)CCC2(C)C1CCC1C(C)=CCC2C(C)(C)C(O)CCC12C. The molecule has 8 atom stereocenters. The van der Waals surface area contributed by atoms with Gasteiger partial charge in [0.15, 0.2) is 0 Å².